The Balaban J connectivity index is 2.69. The monoisotopic (exact) mass is 284 g/mol. The molecule has 1 rings (SSSR count). The maximum Gasteiger partial charge on any atom is 0.330 e. The molecule has 0 aliphatic heterocycles. The molecule has 5 nitrogen and oxygen atoms in total. The van der Waals surface area contributed by atoms with Gasteiger partial charge in [0.25, 0.3) is 10.1 Å². The predicted molar refractivity (Wildman–Crippen MR) is 71.7 cm³/mol. The maximum absolute atomic E-state index is 11.1. The highest BCUT2D eigenvalue weighted by atomic mass is 32.2. The van der Waals surface area contributed by atoms with E-state index in [0.717, 1.165) is 11.8 Å². The largest absolute Gasteiger partial charge is 0.463 e. The molecule has 1 aromatic rings. The highest BCUT2D eigenvalue weighted by Crippen LogP contribution is 2.09. The molecule has 0 saturated heterocycles. The lowest BCUT2D eigenvalue weighted by molar-refractivity contribution is -0.137. The number of carbonyl (C=O) groups excluding carboxylic acids is 1. The van der Waals surface area contributed by atoms with Crippen LogP contribution in [0.25, 0.3) is 6.08 Å². The fourth-order valence-corrected chi connectivity index (χ4v) is 1.67. The zero-order valence-electron chi connectivity index (χ0n) is 10.8. The van der Waals surface area contributed by atoms with Crippen molar-refractivity contribution >= 4 is 22.2 Å². The number of esters is 1. The number of hydrogen-bond donors (Lipinski definition) is 0. The van der Waals surface area contributed by atoms with Crippen molar-refractivity contribution in [3.63, 3.8) is 0 Å². The van der Waals surface area contributed by atoms with Gasteiger partial charge in [-0.2, -0.15) is 8.42 Å². The van der Waals surface area contributed by atoms with E-state index in [-0.39, 0.29) is 6.61 Å². The Kier molecular flexibility index (Phi) is 5.72. The van der Waals surface area contributed by atoms with Crippen LogP contribution < -0.4 is 0 Å². The zero-order valence-corrected chi connectivity index (χ0v) is 11.6. The Morgan fingerprint density at radius 1 is 1.37 bits per heavy atom. The first-order valence-corrected chi connectivity index (χ1v) is 7.50. The molecule has 0 aromatic heterocycles. The SMILES string of the molecule is CCOC(=O)/C=C/c1cccc(COS(C)(=O)=O)c1. The Labute approximate surface area is 113 Å². The second-order valence-electron chi connectivity index (χ2n) is 3.80. The molecular weight excluding hydrogens is 268 g/mol. The minimum absolute atomic E-state index is 0.0279. The molecule has 0 aliphatic carbocycles. The summed E-state index contributed by atoms with van der Waals surface area (Å²) in [5, 5.41) is 0. The fourth-order valence-electron chi connectivity index (χ4n) is 1.32. The van der Waals surface area contributed by atoms with Crippen LogP contribution in [-0.2, 0) is 30.4 Å². The van der Waals surface area contributed by atoms with Gasteiger partial charge in [0.1, 0.15) is 0 Å². The number of ether oxygens (including phenoxy) is 1. The average Bonchev–Trinajstić information content (AvgIpc) is 2.34. The number of carbonyl (C=O) groups is 1. The lowest BCUT2D eigenvalue weighted by atomic mass is 10.1. The van der Waals surface area contributed by atoms with Gasteiger partial charge in [-0.3, -0.25) is 4.18 Å². The minimum atomic E-state index is -3.46. The van der Waals surface area contributed by atoms with Gasteiger partial charge < -0.3 is 4.74 Å². The zero-order chi connectivity index (χ0) is 14.3. The lowest BCUT2D eigenvalue weighted by Gasteiger charge is -2.02. The predicted octanol–water partition coefficient (Wildman–Crippen LogP) is 1.74. The van der Waals surface area contributed by atoms with Crippen molar-refractivity contribution in [3.8, 4) is 0 Å². The summed E-state index contributed by atoms with van der Waals surface area (Å²) in [6, 6.07) is 7.03. The summed E-state index contributed by atoms with van der Waals surface area (Å²) in [7, 11) is -3.46. The van der Waals surface area contributed by atoms with Crippen molar-refractivity contribution in [2.45, 2.75) is 13.5 Å². The first kappa shape index (κ1) is 15.4. The summed E-state index contributed by atoms with van der Waals surface area (Å²) in [6.45, 7) is 2.03. The van der Waals surface area contributed by atoms with Crippen LogP contribution in [0.15, 0.2) is 30.3 Å². The van der Waals surface area contributed by atoms with E-state index < -0.39 is 16.1 Å². The van der Waals surface area contributed by atoms with Crippen LogP contribution in [0.1, 0.15) is 18.1 Å². The molecule has 0 N–H and O–H groups in total. The first-order valence-electron chi connectivity index (χ1n) is 5.69. The van der Waals surface area contributed by atoms with Gasteiger partial charge in [0.05, 0.1) is 19.5 Å². The van der Waals surface area contributed by atoms with E-state index in [2.05, 4.69) is 0 Å². The summed E-state index contributed by atoms with van der Waals surface area (Å²) in [5.41, 5.74) is 1.47. The van der Waals surface area contributed by atoms with Gasteiger partial charge in [0, 0.05) is 6.08 Å². The summed E-state index contributed by atoms with van der Waals surface area (Å²) < 4.78 is 31.2. The molecule has 0 unspecified atom stereocenters. The molecular formula is C13H16O5S. The second-order valence-corrected chi connectivity index (χ2v) is 5.44. The van der Waals surface area contributed by atoms with Crippen LogP contribution in [0.5, 0.6) is 0 Å². The van der Waals surface area contributed by atoms with Gasteiger partial charge in [0.15, 0.2) is 0 Å². The van der Waals surface area contributed by atoms with E-state index in [1.54, 1.807) is 37.3 Å². The van der Waals surface area contributed by atoms with Crippen molar-refractivity contribution in [1.29, 1.82) is 0 Å². The van der Waals surface area contributed by atoms with Gasteiger partial charge in [-0.15, -0.1) is 0 Å². The Bertz CT molecular complexity index is 560. The summed E-state index contributed by atoms with van der Waals surface area (Å²) in [5.74, 6) is -0.416. The molecule has 0 bridgehead atoms. The third kappa shape index (κ3) is 6.73. The summed E-state index contributed by atoms with van der Waals surface area (Å²) in [6.07, 6.45) is 3.92. The van der Waals surface area contributed by atoms with E-state index in [1.165, 1.54) is 6.08 Å². The molecule has 0 atom stereocenters. The molecule has 6 heteroatoms. The number of benzene rings is 1. The molecule has 1 aromatic carbocycles. The van der Waals surface area contributed by atoms with Crippen LogP contribution in [0.4, 0.5) is 0 Å². The molecule has 0 amide bonds. The standard InChI is InChI=1S/C13H16O5S/c1-3-17-13(14)8-7-11-5-4-6-12(9-11)10-18-19(2,15)16/h4-9H,3,10H2,1-2H3/b8-7+. The smallest absolute Gasteiger partial charge is 0.330 e. The van der Waals surface area contributed by atoms with Crippen molar-refractivity contribution in [2.75, 3.05) is 12.9 Å². The van der Waals surface area contributed by atoms with Crippen LogP contribution in [0.3, 0.4) is 0 Å². The van der Waals surface area contributed by atoms with Gasteiger partial charge >= 0.3 is 5.97 Å². The number of hydrogen-bond acceptors (Lipinski definition) is 5. The van der Waals surface area contributed by atoms with Gasteiger partial charge in [-0.1, -0.05) is 18.2 Å². The van der Waals surface area contributed by atoms with E-state index in [9.17, 15) is 13.2 Å². The topological polar surface area (TPSA) is 69.7 Å². The van der Waals surface area contributed by atoms with Gasteiger partial charge in [-0.05, 0) is 30.2 Å². The van der Waals surface area contributed by atoms with Crippen LogP contribution in [0, 0.1) is 0 Å². The van der Waals surface area contributed by atoms with Gasteiger partial charge in [0.2, 0.25) is 0 Å². The van der Waals surface area contributed by atoms with Crippen molar-refractivity contribution in [2.24, 2.45) is 0 Å². The fraction of sp³-hybridized carbons (Fsp3) is 0.308. The van der Waals surface area contributed by atoms with E-state index in [1.807, 2.05) is 0 Å². The number of rotatable bonds is 6. The third-order valence-electron chi connectivity index (χ3n) is 2.09. The molecule has 0 spiro atoms. The highest BCUT2D eigenvalue weighted by Gasteiger charge is 2.02. The summed E-state index contributed by atoms with van der Waals surface area (Å²) >= 11 is 0. The highest BCUT2D eigenvalue weighted by molar-refractivity contribution is 7.85. The van der Waals surface area contributed by atoms with Gasteiger partial charge in [-0.25, -0.2) is 4.79 Å². The quantitative estimate of drug-likeness (QED) is 0.452. The molecule has 0 heterocycles. The van der Waals surface area contributed by atoms with Crippen molar-refractivity contribution < 1.29 is 22.1 Å². The molecule has 0 radical (unpaired) electrons. The van der Waals surface area contributed by atoms with Crippen LogP contribution >= 0.6 is 0 Å². The lowest BCUT2D eigenvalue weighted by Crippen LogP contribution is -2.02. The Morgan fingerprint density at radius 3 is 2.74 bits per heavy atom. The van der Waals surface area contributed by atoms with Crippen LogP contribution in [-0.4, -0.2) is 27.2 Å². The van der Waals surface area contributed by atoms with Crippen molar-refractivity contribution in [3.05, 3.63) is 41.5 Å². The van der Waals surface area contributed by atoms with E-state index in [0.29, 0.717) is 12.2 Å². The summed E-state index contributed by atoms with van der Waals surface area (Å²) in [4.78, 5) is 11.1. The first-order chi connectivity index (χ1) is 8.90. The second kappa shape index (κ2) is 7.06. The Hall–Kier alpha value is -1.66. The van der Waals surface area contributed by atoms with Crippen molar-refractivity contribution in [1.82, 2.24) is 0 Å². The average molecular weight is 284 g/mol. The molecule has 0 saturated carbocycles. The minimum Gasteiger partial charge on any atom is -0.463 e. The molecule has 104 valence electrons. The molecule has 0 aliphatic rings. The third-order valence-corrected chi connectivity index (χ3v) is 2.64. The van der Waals surface area contributed by atoms with E-state index >= 15 is 0 Å². The van der Waals surface area contributed by atoms with Crippen LogP contribution in [0.2, 0.25) is 0 Å². The maximum atomic E-state index is 11.1. The normalized spacial score (nSPS) is 11.7. The Morgan fingerprint density at radius 2 is 2.11 bits per heavy atom. The molecule has 0 fully saturated rings. The molecule has 19 heavy (non-hydrogen) atoms. The van der Waals surface area contributed by atoms with E-state index in [4.69, 9.17) is 8.92 Å².